The van der Waals surface area contributed by atoms with Gasteiger partial charge in [-0.15, -0.1) is 0 Å². The van der Waals surface area contributed by atoms with E-state index >= 15 is 0 Å². The summed E-state index contributed by atoms with van der Waals surface area (Å²) < 4.78 is 5.23. The van der Waals surface area contributed by atoms with Crippen molar-refractivity contribution in [2.45, 2.75) is 81.7 Å². The van der Waals surface area contributed by atoms with Crippen LogP contribution in [0.15, 0.2) is 4.52 Å². The quantitative estimate of drug-likeness (QED) is 0.824. The minimum absolute atomic E-state index is 0.0142. The minimum atomic E-state index is -0.365. The molecule has 0 aromatic carbocycles. The molecule has 0 unspecified atom stereocenters. The van der Waals surface area contributed by atoms with Crippen LogP contribution in [0.1, 0.15) is 75.4 Å². The first-order valence-corrected chi connectivity index (χ1v) is 9.07. The van der Waals surface area contributed by atoms with E-state index < -0.39 is 0 Å². The van der Waals surface area contributed by atoms with Crippen molar-refractivity contribution in [2.24, 2.45) is 0 Å². The van der Waals surface area contributed by atoms with Crippen molar-refractivity contribution in [1.29, 1.82) is 0 Å². The normalized spacial score (nSPS) is 29.2. The molecule has 0 bridgehead atoms. The molecule has 1 aliphatic heterocycles. The van der Waals surface area contributed by atoms with Crippen LogP contribution in [0.4, 0.5) is 0 Å². The Morgan fingerprint density at radius 1 is 1.33 bits per heavy atom. The highest BCUT2D eigenvalue weighted by Crippen LogP contribution is 2.38. The minimum Gasteiger partial charge on any atom is -0.351 e. The summed E-state index contributed by atoms with van der Waals surface area (Å²) in [6.07, 6.45) is 8.46. The lowest BCUT2D eigenvalue weighted by Crippen LogP contribution is -2.57. The second-order valence-electron chi connectivity index (χ2n) is 7.42. The fourth-order valence-corrected chi connectivity index (χ4v) is 4.00. The number of hydrogen-bond donors (Lipinski definition) is 2. The van der Waals surface area contributed by atoms with Crippen LogP contribution in [0, 0.1) is 0 Å². The molecule has 2 atom stereocenters. The largest absolute Gasteiger partial charge is 0.351 e. The van der Waals surface area contributed by atoms with Crippen molar-refractivity contribution in [1.82, 2.24) is 20.8 Å². The van der Waals surface area contributed by atoms with Crippen LogP contribution in [0.2, 0.25) is 0 Å². The van der Waals surface area contributed by atoms with Gasteiger partial charge in [-0.3, -0.25) is 9.59 Å². The molecule has 7 nitrogen and oxygen atoms in total. The number of hydrogen-bond acceptors (Lipinski definition) is 5. The molecule has 7 heteroatoms. The van der Waals surface area contributed by atoms with Gasteiger partial charge in [0.2, 0.25) is 17.7 Å². The Balaban J connectivity index is 1.27. The molecule has 2 amide bonds. The van der Waals surface area contributed by atoms with Crippen LogP contribution < -0.4 is 10.6 Å². The number of carbonyl (C=O) groups is 2. The van der Waals surface area contributed by atoms with Gasteiger partial charge in [-0.2, -0.15) is 4.98 Å². The molecule has 0 radical (unpaired) electrons. The summed E-state index contributed by atoms with van der Waals surface area (Å²) >= 11 is 0. The van der Waals surface area contributed by atoms with E-state index in [0.29, 0.717) is 37.5 Å². The highest BCUT2D eigenvalue weighted by Gasteiger charge is 2.48. The number of nitrogens with one attached hydrogen (secondary N) is 2. The summed E-state index contributed by atoms with van der Waals surface area (Å²) in [6.45, 7) is 0. The lowest BCUT2D eigenvalue weighted by atomic mass is 9.78. The average Bonchev–Trinajstić information content (AvgIpc) is 3.19. The second-order valence-corrected chi connectivity index (χ2v) is 7.42. The predicted octanol–water partition coefficient (Wildman–Crippen LogP) is 1.59. The summed E-state index contributed by atoms with van der Waals surface area (Å²) in [5, 5.41) is 10.2. The number of aryl methyl sites for hydroxylation is 1. The molecule has 1 aromatic heterocycles. The Labute approximate surface area is 140 Å². The van der Waals surface area contributed by atoms with Gasteiger partial charge in [-0.1, -0.05) is 18.0 Å². The van der Waals surface area contributed by atoms with E-state index in [0.717, 1.165) is 44.3 Å². The zero-order valence-corrected chi connectivity index (χ0v) is 13.8. The topological polar surface area (TPSA) is 97.1 Å². The first-order chi connectivity index (χ1) is 11.6. The molecular formula is C17H24N4O3. The Kier molecular flexibility index (Phi) is 4.02. The number of amides is 2. The van der Waals surface area contributed by atoms with Crippen molar-refractivity contribution >= 4 is 11.8 Å². The van der Waals surface area contributed by atoms with Crippen molar-refractivity contribution in [3.05, 3.63) is 11.7 Å². The van der Waals surface area contributed by atoms with E-state index in [-0.39, 0.29) is 23.4 Å². The van der Waals surface area contributed by atoms with Crippen molar-refractivity contribution < 1.29 is 14.1 Å². The van der Waals surface area contributed by atoms with E-state index in [9.17, 15) is 9.59 Å². The first kappa shape index (κ1) is 15.6. The van der Waals surface area contributed by atoms with Crippen LogP contribution in [0.25, 0.3) is 0 Å². The van der Waals surface area contributed by atoms with Crippen molar-refractivity contribution in [3.63, 3.8) is 0 Å². The summed E-state index contributed by atoms with van der Waals surface area (Å²) in [5.74, 6) is 1.99. The van der Waals surface area contributed by atoms with Crippen LogP contribution in [-0.4, -0.2) is 33.5 Å². The molecule has 24 heavy (non-hydrogen) atoms. The lowest BCUT2D eigenvalue weighted by Gasteiger charge is -2.38. The highest BCUT2D eigenvalue weighted by molar-refractivity contribution is 5.84. The van der Waals surface area contributed by atoms with Gasteiger partial charge < -0.3 is 15.2 Å². The third-order valence-corrected chi connectivity index (χ3v) is 5.45. The maximum absolute atomic E-state index is 12.4. The zero-order valence-electron chi connectivity index (χ0n) is 13.8. The summed E-state index contributed by atoms with van der Waals surface area (Å²) in [4.78, 5) is 28.5. The van der Waals surface area contributed by atoms with Crippen LogP contribution in [0.3, 0.4) is 0 Å². The van der Waals surface area contributed by atoms with Gasteiger partial charge in [0, 0.05) is 18.8 Å². The molecule has 2 heterocycles. The van der Waals surface area contributed by atoms with Crippen LogP contribution in [0.5, 0.6) is 0 Å². The maximum Gasteiger partial charge on any atom is 0.226 e. The van der Waals surface area contributed by atoms with Crippen molar-refractivity contribution in [3.8, 4) is 0 Å². The summed E-state index contributed by atoms with van der Waals surface area (Å²) in [5.41, 5.74) is -0.365. The average molecular weight is 332 g/mol. The second kappa shape index (κ2) is 6.18. The van der Waals surface area contributed by atoms with E-state index in [1.807, 2.05) is 0 Å². The molecule has 1 aromatic rings. The zero-order chi connectivity index (χ0) is 16.6. The SMILES string of the molecule is O=C1C[C@]2(NC(=O)CCCc3nc(C4CC4)no3)CCCC[C@@H]2N1. The standard InChI is InChI=1S/C17H24N4O3/c22-13(5-3-6-15-19-16(21-24-15)11-7-8-11)20-17-9-2-1-4-12(17)18-14(23)10-17/h11-12H,1-10H2,(H,18,23)(H,20,22)/t12-,17+/m0/s1. The molecule has 2 saturated carbocycles. The van der Waals surface area contributed by atoms with Crippen LogP contribution >= 0.6 is 0 Å². The van der Waals surface area contributed by atoms with Gasteiger partial charge in [0.15, 0.2) is 5.82 Å². The van der Waals surface area contributed by atoms with Crippen LogP contribution in [-0.2, 0) is 16.0 Å². The van der Waals surface area contributed by atoms with E-state index in [2.05, 4.69) is 20.8 Å². The molecule has 3 fully saturated rings. The van der Waals surface area contributed by atoms with Crippen molar-refractivity contribution in [2.75, 3.05) is 0 Å². The molecule has 130 valence electrons. The van der Waals surface area contributed by atoms with E-state index in [1.165, 1.54) is 0 Å². The number of aromatic nitrogens is 2. The fourth-order valence-electron chi connectivity index (χ4n) is 4.00. The van der Waals surface area contributed by atoms with Gasteiger partial charge in [0.1, 0.15) is 0 Å². The lowest BCUT2D eigenvalue weighted by molar-refractivity contribution is -0.123. The smallest absolute Gasteiger partial charge is 0.226 e. The highest BCUT2D eigenvalue weighted by atomic mass is 16.5. The Hall–Kier alpha value is -1.92. The van der Waals surface area contributed by atoms with Gasteiger partial charge in [-0.05, 0) is 32.1 Å². The molecule has 1 saturated heterocycles. The number of fused-ring (bicyclic) bond motifs is 1. The fraction of sp³-hybridized carbons (Fsp3) is 0.765. The monoisotopic (exact) mass is 332 g/mol. The molecular weight excluding hydrogens is 308 g/mol. The molecule has 2 N–H and O–H groups in total. The molecule has 0 spiro atoms. The van der Waals surface area contributed by atoms with Gasteiger partial charge in [0.05, 0.1) is 18.0 Å². The molecule has 3 aliphatic rings. The number of carbonyl (C=O) groups excluding carboxylic acids is 2. The Bertz CT molecular complexity index is 640. The molecule has 4 rings (SSSR count). The first-order valence-electron chi connectivity index (χ1n) is 9.07. The third-order valence-electron chi connectivity index (χ3n) is 5.45. The molecule has 2 aliphatic carbocycles. The Morgan fingerprint density at radius 2 is 2.21 bits per heavy atom. The maximum atomic E-state index is 12.4. The third kappa shape index (κ3) is 3.16. The summed E-state index contributed by atoms with van der Waals surface area (Å²) in [7, 11) is 0. The van der Waals surface area contributed by atoms with E-state index in [1.54, 1.807) is 0 Å². The Morgan fingerprint density at radius 3 is 3.04 bits per heavy atom. The predicted molar refractivity (Wildman–Crippen MR) is 85.1 cm³/mol. The van der Waals surface area contributed by atoms with Gasteiger partial charge in [0.25, 0.3) is 0 Å². The van der Waals surface area contributed by atoms with Gasteiger partial charge in [-0.25, -0.2) is 0 Å². The van der Waals surface area contributed by atoms with Gasteiger partial charge >= 0.3 is 0 Å². The summed E-state index contributed by atoms with van der Waals surface area (Å²) in [6, 6.07) is 0.0970. The number of rotatable bonds is 6. The number of nitrogens with zero attached hydrogens (tertiary/aromatic N) is 2. The van der Waals surface area contributed by atoms with E-state index in [4.69, 9.17) is 4.52 Å².